The number of aryl methyl sites for hydroxylation is 1. The number of hydrogen-bond acceptors (Lipinski definition) is 5. The number of methoxy groups -OCH3 is 1. The summed E-state index contributed by atoms with van der Waals surface area (Å²) in [4.78, 5) is 33.1. The molecule has 1 N–H and O–H groups in total. The Kier molecular flexibility index (Phi) is 6.67. The second kappa shape index (κ2) is 9.19. The van der Waals surface area contributed by atoms with Crippen LogP contribution in [0.4, 0.5) is 5.13 Å². The van der Waals surface area contributed by atoms with Crippen molar-refractivity contribution in [2.24, 2.45) is 0 Å². The van der Waals surface area contributed by atoms with Crippen LogP contribution in [0.3, 0.4) is 0 Å². The second-order valence-corrected chi connectivity index (χ2v) is 8.01. The molecule has 0 saturated carbocycles. The Balaban J connectivity index is 1.71. The highest BCUT2D eigenvalue weighted by Gasteiger charge is 2.35. The Morgan fingerprint density at radius 2 is 1.89 bits per heavy atom. The largest absolute Gasteiger partial charge is 0.497 e. The number of carbonyl (C=O) groups excluding carboxylic acids is 2. The van der Waals surface area contributed by atoms with Crippen molar-refractivity contribution in [1.29, 1.82) is 0 Å². The zero-order valence-electron chi connectivity index (χ0n) is 16.7. The van der Waals surface area contributed by atoms with Gasteiger partial charge < -0.3 is 9.64 Å². The number of anilines is 1. The summed E-state index contributed by atoms with van der Waals surface area (Å²) < 4.78 is 5.12. The van der Waals surface area contributed by atoms with E-state index in [1.165, 1.54) is 11.3 Å². The average Bonchev–Trinajstić information content (AvgIpc) is 3.27. The predicted octanol–water partition coefficient (Wildman–Crippen LogP) is 4.08. The summed E-state index contributed by atoms with van der Waals surface area (Å²) in [5.41, 5.74) is 1.39. The van der Waals surface area contributed by atoms with Gasteiger partial charge in [0, 0.05) is 23.5 Å². The van der Waals surface area contributed by atoms with Crippen LogP contribution in [-0.4, -0.2) is 41.9 Å². The lowest BCUT2D eigenvalue weighted by molar-refractivity contribution is -0.133. The molecule has 3 rings (SSSR count). The van der Waals surface area contributed by atoms with Crippen molar-refractivity contribution in [3.05, 3.63) is 40.4 Å². The van der Waals surface area contributed by atoms with Crippen LogP contribution >= 0.6 is 11.3 Å². The summed E-state index contributed by atoms with van der Waals surface area (Å²) in [5.74, 6) is 0.475. The van der Waals surface area contributed by atoms with E-state index in [1.54, 1.807) is 31.4 Å². The maximum Gasteiger partial charge on any atom is 0.257 e. The van der Waals surface area contributed by atoms with E-state index in [2.05, 4.69) is 24.1 Å². The summed E-state index contributed by atoms with van der Waals surface area (Å²) in [6.07, 6.45) is 3.55. The number of fused-ring (bicyclic) bond motifs is 1. The average molecular weight is 402 g/mol. The Labute approximate surface area is 169 Å². The molecule has 6 nitrogen and oxygen atoms in total. The SMILES string of the molecule is CCCN(CCC)C(=O)C1CCc2sc(NC(=O)c3ccc(OC)cc3)nc21. The van der Waals surface area contributed by atoms with Crippen LogP contribution < -0.4 is 10.1 Å². The van der Waals surface area contributed by atoms with Crippen LogP contribution in [0.5, 0.6) is 5.75 Å². The predicted molar refractivity (Wildman–Crippen MR) is 111 cm³/mol. The summed E-state index contributed by atoms with van der Waals surface area (Å²) in [7, 11) is 1.59. The van der Waals surface area contributed by atoms with Crippen molar-refractivity contribution in [3.63, 3.8) is 0 Å². The maximum atomic E-state index is 13.0. The lowest BCUT2D eigenvalue weighted by Gasteiger charge is -2.24. The molecule has 1 unspecified atom stereocenters. The van der Waals surface area contributed by atoms with Gasteiger partial charge in [-0.05, 0) is 49.9 Å². The minimum atomic E-state index is -0.212. The third-order valence-electron chi connectivity index (χ3n) is 4.89. The summed E-state index contributed by atoms with van der Waals surface area (Å²) >= 11 is 1.47. The van der Waals surface area contributed by atoms with E-state index >= 15 is 0 Å². The number of benzene rings is 1. The van der Waals surface area contributed by atoms with Gasteiger partial charge in [0.25, 0.3) is 5.91 Å². The lowest BCUT2D eigenvalue weighted by Crippen LogP contribution is -2.36. The molecule has 0 saturated heterocycles. The van der Waals surface area contributed by atoms with Crippen LogP contribution in [0.15, 0.2) is 24.3 Å². The standard InChI is InChI=1S/C21H27N3O3S/c1-4-12-24(13-5-2)20(26)16-10-11-17-18(16)22-21(28-17)23-19(25)14-6-8-15(27-3)9-7-14/h6-9,16H,4-5,10-13H2,1-3H3,(H,22,23,25). The molecule has 1 aliphatic carbocycles. The quantitative estimate of drug-likeness (QED) is 0.723. The van der Waals surface area contributed by atoms with Gasteiger partial charge in [-0.3, -0.25) is 14.9 Å². The molecule has 0 spiro atoms. The third kappa shape index (κ3) is 4.35. The minimum Gasteiger partial charge on any atom is -0.497 e. The summed E-state index contributed by atoms with van der Waals surface area (Å²) in [5, 5.41) is 3.42. The van der Waals surface area contributed by atoms with Crippen molar-refractivity contribution in [1.82, 2.24) is 9.88 Å². The number of amides is 2. The first kappa shape index (κ1) is 20.3. The molecule has 2 amide bonds. The normalized spacial score (nSPS) is 15.2. The number of carbonyl (C=O) groups is 2. The van der Waals surface area contributed by atoms with Gasteiger partial charge in [-0.25, -0.2) is 4.98 Å². The van der Waals surface area contributed by atoms with Crippen LogP contribution in [0.1, 0.15) is 60.0 Å². The zero-order valence-corrected chi connectivity index (χ0v) is 17.5. The van der Waals surface area contributed by atoms with Gasteiger partial charge in [0.2, 0.25) is 5.91 Å². The van der Waals surface area contributed by atoms with Crippen molar-refractivity contribution in [2.75, 3.05) is 25.5 Å². The zero-order chi connectivity index (χ0) is 20.1. The molecule has 0 bridgehead atoms. The molecule has 0 radical (unpaired) electrons. The van der Waals surface area contributed by atoms with Crippen LogP contribution in [0.2, 0.25) is 0 Å². The van der Waals surface area contributed by atoms with Crippen molar-refractivity contribution in [2.45, 2.75) is 45.4 Å². The Hall–Kier alpha value is -2.41. The molecule has 28 heavy (non-hydrogen) atoms. The number of rotatable bonds is 8. The summed E-state index contributed by atoms with van der Waals surface area (Å²) in [6.45, 7) is 5.74. The molecular weight excluding hydrogens is 374 g/mol. The first-order chi connectivity index (χ1) is 13.6. The molecular formula is C21H27N3O3S. The van der Waals surface area contributed by atoms with Gasteiger partial charge >= 0.3 is 0 Å². The van der Waals surface area contributed by atoms with Crippen LogP contribution in [-0.2, 0) is 11.2 Å². The van der Waals surface area contributed by atoms with Gasteiger partial charge in [-0.2, -0.15) is 0 Å². The lowest BCUT2D eigenvalue weighted by atomic mass is 10.1. The molecule has 1 atom stereocenters. The van der Waals surface area contributed by atoms with Gasteiger partial charge in [0.1, 0.15) is 5.75 Å². The van der Waals surface area contributed by atoms with E-state index in [0.29, 0.717) is 16.4 Å². The highest BCUT2D eigenvalue weighted by Crippen LogP contribution is 2.39. The minimum absolute atomic E-state index is 0.167. The molecule has 0 fully saturated rings. The van der Waals surface area contributed by atoms with Crippen LogP contribution in [0, 0.1) is 0 Å². The number of nitrogens with one attached hydrogen (secondary N) is 1. The van der Waals surface area contributed by atoms with E-state index < -0.39 is 0 Å². The van der Waals surface area contributed by atoms with Gasteiger partial charge in [-0.1, -0.05) is 13.8 Å². The molecule has 150 valence electrons. The highest BCUT2D eigenvalue weighted by atomic mass is 32.1. The maximum absolute atomic E-state index is 13.0. The van der Waals surface area contributed by atoms with E-state index in [0.717, 1.165) is 49.3 Å². The molecule has 1 aliphatic rings. The van der Waals surface area contributed by atoms with E-state index in [1.807, 2.05) is 4.90 Å². The number of thiazole rings is 1. The monoisotopic (exact) mass is 401 g/mol. The third-order valence-corrected chi connectivity index (χ3v) is 5.93. The van der Waals surface area contributed by atoms with Crippen molar-refractivity contribution in [3.8, 4) is 5.75 Å². The molecule has 2 aromatic rings. The van der Waals surface area contributed by atoms with E-state index in [-0.39, 0.29) is 17.7 Å². The summed E-state index contributed by atoms with van der Waals surface area (Å²) in [6, 6.07) is 6.94. The smallest absolute Gasteiger partial charge is 0.257 e. The molecule has 1 heterocycles. The van der Waals surface area contributed by atoms with E-state index in [4.69, 9.17) is 4.74 Å². The van der Waals surface area contributed by atoms with Gasteiger partial charge in [0.05, 0.1) is 18.7 Å². The Bertz CT molecular complexity index is 826. The number of hydrogen-bond donors (Lipinski definition) is 1. The first-order valence-corrected chi connectivity index (χ1v) is 10.6. The Morgan fingerprint density at radius 1 is 1.21 bits per heavy atom. The van der Waals surface area contributed by atoms with Crippen LogP contribution in [0.25, 0.3) is 0 Å². The fraction of sp³-hybridized carbons (Fsp3) is 0.476. The van der Waals surface area contributed by atoms with Gasteiger partial charge in [-0.15, -0.1) is 11.3 Å². The second-order valence-electron chi connectivity index (χ2n) is 6.93. The number of aromatic nitrogens is 1. The Morgan fingerprint density at radius 3 is 2.50 bits per heavy atom. The molecule has 1 aromatic carbocycles. The van der Waals surface area contributed by atoms with Crippen molar-refractivity contribution < 1.29 is 14.3 Å². The number of nitrogens with zero attached hydrogens (tertiary/aromatic N) is 2. The van der Waals surface area contributed by atoms with Gasteiger partial charge in [0.15, 0.2) is 5.13 Å². The fourth-order valence-corrected chi connectivity index (χ4v) is 4.56. The number of ether oxygens (including phenoxy) is 1. The fourth-order valence-electron chi connectivity index (χ4n) is 3.53. The topological polar surface area (TPSA) is 71.5 Å². The molecule has 0 aliphatic heterocycles. The van der Waals surface area contributed by atoms with E-state index in [9.17, 15) is 9.59 Å². The molecule has 1 aromatic heterocycles. The molecule has 7 heteroatoms. The first-order valence-electron chi connectivity index (χ1n) is 9.81. The highest BCUT2D eigenvalue weighted by molar-refractivity contribution is 7.16. The van der Waals surface area contributed by atoms with Crippen molar-refractivity contribution >= 4 is 28.3 Å².